The maximum Gasteiger partial charge on any atom is 0.0421 e. The van der Waals surface area contributed by atoms with Gasteiger partial charge in [0.05, 0.1) is 0 Å². The Morgan fingerprint density at radius 2 is 2.12 bits per heavy atom. The van der Waals surface area contributed by atoms with Crippen molar-refractivity contribution >= 4 is 5.69 Å². The molecule has 0 saturated heterocycles. The number of nitrogens with zero attached hydrogens (tertiary/aromatic N) is 2. The summed E-state index contributed by atoms with van der Waals surface area (Å²) in [6.45, 7) is 2.94. The second-order valence-corrected chi connectivity index (χ2v) is 3.69. The molecular weight excluding hydrogens is 198 g/mol. The van der Waals surface area contributed by atoms with Crippen LogP contribution in [0.15, 0.2) is 42.9 Å². The normalized spacial score (nSPS) is 10.1. The first kappa shape index (κ1) is 10.6. The summed E-state index contributed by atoms with van der Waals surface area (Å²) >= 11 is 0. The van der Waals surface area contributed by atoms with Gasteiger partial charge in [0.2, 0.25) is 0 Å². The molecule has 0 aromatic carbocycles. The maximum absolute atomic E-state index is 4.28. The third kappa shape index (κ3) is 2.79. The fourth-order valence-corrected chi connectivity index (χ4v) is 1.54. The van der Waals surface area contributed by atoms with Crippen molar-refractivity contribution in [3.05, 3.63) is 54.1 Å². The molecule has 0 radical (unpaired) electrons. The molecule has 2 aromatic rings. The van der Waals surface area contributed by atoms with E-state index >= 15 is 0 Å². The highest BCUT2D eigenvalue weighted by atomic mass is 14.9. The van der Waals surface area contributed by atoms with Gasteiger partial charge in [-0.1, -0.05) is 6.07 Å². The third-order valence-electron chi connectivity index (χ3n) is 2.44. The van der Waals surface area contributed by atoms with Crippen LogP contribution in [-0.2, 0) is 6.42 Å². The van der Waals surface area contributed by atoms with E-state index in [4.69, 9.17) is 0 Å². The zero-order chi connectivity index (χ0) is 11.2. The summed E-state index contributed by atoms with van der Waals surface area (Å²) in [5, 5.41) is 3.38. The van der Waals surface area contributed by atoms with Crippen LogP contribution in [-0.4, -0.2) is 16.5 Å². The molecule has 3 heteroatoms. The SMILES string of the molecule is Cc1cnccc1NCCc1ccccn1. The van der Waals surface area contributed by atoms with Crippen LogP contribution in [0, 0.1) is 6.92 Å². The molecule has 2 aromatic heterocycles. The molecule has 0 saturated carbocycles. The molecule has 0 aliphatic carbocycles. The first-order valence-corrected chi connectivity index (χ1v) is 5.40. The van der Waals surface area contributed by atoms with Crippen LogP contribution in [0.25, 0.3) is 0 Å². The molecule has 2 heterocycles. The summed E-state index contributed by atoms with van der Waals surface area (Å²) in [6, 6.07) is 7.98. The molecule has 0 unspecified atom stereocenters. The number of rotatable bonds is 4. The van der Waals surface area contributed by atoms with E-state index in [0.717, 1.165) is 24.3 Å². The summed E-state index contributed by atoms with van der Waals surface area (Å²) < 4.78 is 0. The minimum Gasteiger partial charge on any atom is -0.384 e. The Balaban J connectivity index is 1.87. The molecule has 0 bridgehead atoms. The van der Waals surface area contributed by atoms with Crippen LogP contribution in [0.5, 0.6) is 0 Å². The van der Waals surface area contributed by atoms with Crippen LogP contribution in [0.3, 0.4) is 0 Å². The van der Waals surface area contributed by atoms with Gasteiger partial charge in [0.1, 0.15) is 0 Å². The van der Waals surface area contributed by atoms with E-state index in [1.54, 1.807) is 6.20 Å². The topological polar surface area (TPSA) is 37.8 Å². The van der Waals surface area contributed by atoms with E-state index in [1.165, 1.54) is 5.56 Å². The second-order valence-electron chi connectivity index (χ2n) is 3.69. The standard InChI is InChI=1S/C13H15N3/c1-11-10-14-8-6-13(11)16-9-5-12-4-2-3-7-15-12/h2-4,6-8,10H,5,9H2,1H3,(H,14,16). The number of aryl methyl sites for hydroxylation is 1. The lowest BCUT2D eigenvalue weighted by Crippen LogP contribution is -2.06. The number of anilines is 1. The van der Waals surface area contributed by atoms with Gasteiger partial charge in [-0.2, -0.15) is 0 Å². The van der Waals surface area contributed by atoms with Gasteiger partial charge in [-0.15, -0.1) is 0 Å². The van der Waals surface area contributed by atoms with Gasteiger partial charge in [0.25, 0.3) is 0 Å². The van der Waals surface area contributed by atoms with Crippen molar-refractivity contribution < 1.29 is 0 Å². The Hall–Kier alpha value is -1.90. The number of hydrogen-bond acceptors (Lipinski definition) is 3. The van der Waals surface area contributed by atoms with E-state index in [1.807, 2.05) is 36.7 Å². The zero-order valence-corrected chi connectivity index (χ0v) is 9.35. The van der Waals surface area contributed by atoms with Crippen LogP contribution >= 0.6 is 0 Å². The van der Waals surface area contributed by atoms with Crippen molar-refractivity contribution in [3.8, 4) is 0 Å². The molecule has 82 valence electrons. The summed E-state index contributed by atoms with van der Waals surface area (Å²) in [4.78, 5) is 8.34. The molecule has 2 rings (SSSR count). The van der Waals surface area contributed by atoms with Crippen LogP contribution in [0.1, 0.15) is 11.3 Å². The molecule has 3 nitrogen and oxygen atoms in total. The Morgan fingerprint density at radius 3 is 2.88 bits per heavy atom. The smallest absolute Gasteiger partial charge is 0.0421 e. The van der Waals surface area contributed by atoms with Crippen molar-refractivity contribution in [2.24, 2.45) is 0 Å². The highest BCUT2D eigenvalue weighted by Gasteiger charge is 1.97. The maximum atomic E-state index is 4.28. The van der Waals surface area contributed by atoms with Gasteiger partial charge in [0, 0.05) is 42.9 Å². The van der Waals surface area contributed by atoms with Gasteiger partial charge < -0.3 is 5.32 Å². The monoisotopic (exact) mass is 213 g/mol. The van der Waals surface area contributed by atoms with Gasteiger partial charge in [0.15, 0.2) is 0 Å². The Labute approximate surface area is 95.6 Å². The largest absolute Gasteiger partial charge is 0.384 e. The molecule has 16 heavy (non-hydrogen) atoms. The summed E-state index contributed by atoms with van der Waals surface area (Å²) in [7, 11) is 0. The lowest BCUT2D eigenvalue weighted by molar-refractivity contribution is 0.959. The molecule has 0 fully saturated rings. The number of pyridine rings is 2. The highest BCUT2D eigenvalue weighted by Crippen LogP contribution is 2.11. The lowest BCUT2D eigenvalue weighted by atomic mass is 10.2. The summed E-state index contributed by atoms with van der Waals surface area (Å²) in [5.74, 6) is 0. The lowest BCUT2D eigenvalue weighted by Gasteiger charge is -2.08. The van der Waals surface area contributed by atoms with E-state index < -0.39 is 0 Å². The van der Waals surface area contributed by atoms with E-state index in [9.17, 15) is 0 Å². The van der Waals surface area contributed by atoms with Crippen molar-refractivity contribution in [1.29, 1.82) is 0 Å². The molecular formula is C13H15N3. The summed E-state index contributed by atoms with van der Waals surface area (Å²) in [6.07, 6.45) is 6.43. The van der Waals surface area contributed by atoms with E-state index in [-0.39, 0.29) is 0 Å². The Morgan fingerprint density at radius 1 is 1.19 bits per heavy atom. The predicted molar refractivity (Wildman–Crippen MR) is 65.4 cm³/mol. The van der Waals surface area contributed by atoms with Crippen molar-refractivity contribution in [1.82, 2.24) is 9.97 Å². The van der Waals surface area contributed by atoms with Crippen LogP contribution < -0.4 is 5.32 Å². The number of nitrogens with one attached hydrogen (secondary N) is 1. The Bertz CT molecular complexity index is 440. The van der Waals surface area contributed by atoms with Gasteiger partial charge >= 0.3 is 0 Å². The van der Waals surface area contributed by atoms with Gasteiger partial charge in [-0.25, -0.2) is 0 Å². The molecule has 0 atom stereocenters. The molecule has 1 N–H and O–H groups in total. The predicted octanol–water partition coefficient (Wildman–Crippen LogP) is 2.44. The molecule has 0 spiro atoms. The van der Waals surface area contributed by atoms with Crippen LogP contribution in [0.2, 0.25) is 0 Å². The first-order chi connectivity index (χ1) is 7.86. The average Bonchev–Trinajstić information content (AvgIpc) is 2.33. The van der Waals surface area contributed by atoms with Crippen molar-refractivity contribution in [2.45, 2.75) is 13.3 Å². The Kier molecular flexibility index (Phi) is 3.49. The quantitative estimate of drug-likeness (QED) is 0.847. The molecule has 0 aliphatic rings. The summed E-state index contributed by atoms with van der Waals surface area (Å²) in [5.41, 5.74) is 3.43. The minimum atomic E-state index is 0.891. The van der Waals surface area contributed by atoms with Crippen LogP contribution in [0.4, 0.5) is 5.69 Å². The van der Waals surface area contributed by atoms with Gasteiger partial charge in [-0.05, 0) is 30.7 Å². The fourth-order valence-electron chi connectivity index (χ4n) is 1.54. The highest BCUT2D eigenvalue weighted by molar-refractivity contribution is 5.48. The minimum absolute atomic E-state index is 0.891. The fraction of sp³-hybridized carbons (Fsp3) is 0.231. The number of aromatic nitrogens is 2. The zero-order valence-electron chi connectivity index (χ0n) is 9.35. The van der Waals surface area contributed by atoms with Crippen molar-refractivity contribution in [2.75, 3.05) is 11.9 Å². The number of hydrogen-bond donors (Lipinski definition) is 1. The second kappa shape index (κ2) is 5.26. The van der Waals surface area contributed by atoms with Gasteiger partial charge in [-0.3, -0.25) is 9.97 Å². The van der Waals surface area contributed by atoms with E-state index in [0.29, 0.717) is 0 Å². The molecule has 0 amide bonds. The average molecular weight is 213 g/mol. The van der Waals surface area contributed by atoms with Crippen molar-refractivity contribution in [3.63, 3.8) is 0 Å². The third-order valence-corrected chi connectivity index (χ3v) is 2.44. The molecule has 0 aliphatic heterocycles. The first-order valence-electron chi connectivity index (χ1n) is 5.40. The van der Waals surface area contributed by atoms with E-state index in [2.05, 4.69) is 22.2 Å².